The molecule has 2 atom stereocenters. The molecule has 0 aromatic heterocycles. The molecule has 2 rings (SSSR count). The maximum Gasteiger partial charge on any atom is 0.138 e. The second kappa shape index (κ2) is 7.14. The topological polar surface area (TPSA) is 44.5 Å². The van der Waals surface area contributed by atoms with Gasteiger partial charge in [0.1, 0.15) is 17.6 Å². The third-order valence-corrected chi connectivity index (χ3v) is 3.53. The van der Waals surface area contributed by atoms with Crippen LogP contribution in [0.3, 0.4) is 0 Å². The summed E-state index contributed by atoms with van der Waals surface area (Å²) in [6.07, 6.45) is 0.758. The fourth-order valence-electron chi connectivity index (χ4n) is 2.32. The maximum atomic E-state index is 6.19. The van der Waals surface area contributed by atoms with Gasteiger partial charge in [-0.1, -0.05) is 37.3 Å². The molecule has 0 amide bonds. The Labute approximate surface area is 126 Å². The lowest BCUT2D eigenvalue weighted by molar-refractivity contribution is 0.178. The van der Waals surface area contributed by atoms with Gasteiger partial charge < -0.3 is 15.2 Å². The van der Waals surface area contributed by atoms with E-state index in [0.717, 1.165) is 23.5 Å². The van der Waals surface area contributed by atoms with Crippen LogP contribution in [-0.2, 0) is 6.42 Å². The van der Waals surface area contributed by atoms with Crippen molar-refractivity contribution in [3.63, 3.8) is 0 Å². The minimum absolute atomic E-state index is 0.108. The van der Waals surface area contributed by atoms with Gasteiger partial charge in [-0.05, 0) is 42.7 Å². The number of para-hydroxylation sites is 1. The van der Waals surface area contributed by atoms with Gasteiger partial charge in [0.2, 0.25) is 0 Å². The van der Waals surface area contributed by atoms with Gasteiger partial charge in [0.25, 0.3) is 0 Å². The van der Waals surface area contributed by atoms with E-state index in [1.54, 1.807) is 7.11 Å². The van der Waals surface area contributed by atoms with Crippen LogP contribution in [0, 0.1) is 0 Å². The van der Waals surface area contributed by atoms with Crippen molar-refractivity contribution in [2.45, 2.75) is 32.4 Å². The highest BCUT2D eigenvalue weighted by Gasteiger charge is 2.19. The van der Waals surface area contributed by atoms with E-state index in [2.05, 4.69) is 13.0 Å². The van der Waals surface area contributed by atoms with Gasteiger partial charge in [0.05, 0.1) is 7.11 Å². The zero-order valence-electron chi connectivity index (χ0n) is 12.9. The number of ether oxygens (including phenoxy) is 2. The minimum atomic E-state index is -0.177. The molecule has 2 aromatic carbocycles. The summed E-state index contributed by atoms with van der Waals surface area (Å²) in [7, 11) is 1.66. The van der Waals surface area contributed by atoms with Crippen LogP contribution in [-0.4, -0.2) is 13.2 Å². The first kappa shape index (κ1) is 15.4. The van der Waals surface area contributed by atoms with Crippen molar-refractivity contribution in [2.75, 3.05) is 7.11 Å². The zero-order chi connectivity index (χ0) is 15.2. The largest absolute Gasteiger partial charge is 0.497 e. The Morgan fingerprint density at radius 3 is 2.29 bits per heavy atom. The quantitative estimate of drug-likeness (QED) is 0.879. The SMILES string of the molecule is CCc1ccccc1OC(c1ccc(OC)cc1)C(C)N. The Kier molecular flexibility index (Phi) is 5.23. The molecule has 3 heteroatoms. The number of aryl methyl sites for hydroxylation is 1. The first-order valence-electron chi connectivity index (χ1n) is 7.29. The number of hydrogen-bond donors (Lipinski definition) is 1. The minimum Gasteiger partial charge on any atom is -0.497 e. The molecular weight excluding hydrogens is 262 g/mol. The van der Waals surface area contributed by atoms with E-state index in [9.17, 15) is 0 Å². The number of rotatable bonds is 6. The number of nitrogens with two attached hydrogens (primary N) is 1. The Hall–Kier alpha value is -2.00. The van der Waals surface area contributed by atoms with E-state index in [1.165, 1.54) is 5.56 Å². The lowest BCUT2D eigenvalue weighted by Gasteiger charge is -2.24. The summed E-state index contributed by atoms with van der Waals surface area (Å²) >= 11 is 0. The molecule has 112 valence electrons. The fraction of sp³-hybridized carbons (Fsp3) is 0.333. The lowest BCUT2D eigenvalue weighted by atomic mass is 10.0. The number of benzene rings is 2. The molecule has 0 heterocycles. The third-order valence-electron chi connectivity index (χ3n) is 3.53. The van der Waals surface area contributed by atoms with Crippen molar-refractivity contribution in [2.24, 2.45) is 5.73 Å². The van der Waals surface area contributed by atoms with Gasteiger partial charge in [-0.25, -0.2) is 0 Å². The standard InChI is InChI=1S/C18H23NO2/c1-4-14-7-5-6-8-17(14)21-18(13(2)19)15-9-11-16(20-3)12-10-15/h5-13,18H,4,19H2,1-3H3. The first-order chi connectivity index (χ1) is 10.2. The molecule has 2 N–H and O–H groups in total. The van der Waals surface area contributed by atoms with Gasteiger partial charge in [0, 0.05) is 6.04 Å². The molecule has 0 fully saturated rings. The summed E-state index contributed by atoms with van der Waals surface area (Å²) in [6, 6.07) is 15.9. The Morgan fingerprint density at radius 1 is 1.05 bits per heavy atom. The van der Waals surface area contributed by atoms with Gasteiger partial charge in [-0.2, -0.15) is 0 Å². The van der Waals surface area contributed by atoms with Crippen molar-refractivity contribution in [3.05, 3.63) is 59.7 Å². The summed E-state index contributed by atoms with van der Waals surface area (Å²) in [5.41, 5.74) is 8.37. The first-order valence-corrected chi connectivity index (χ1v) is 7.29. The second-order valence-electron chi connectivity index (χ2n) is 5.13. The van der Waals surface area contributed by atoms with E-state index in [4.69, 9.17) is 15.2 Å². The Balaban J connectivity index is 2.26. The predicted octanol–water partition coefficient (Wildman–Crippen LogP) is 3.72. The molecule has 0 saturated heterocycles. The summed E-state index contributed by atoms with van der Waals surface area (Å²) in [6.45, 7) is 4.08. The van der Waals surface area contributed by atoms with Crippen LogP contribution in [0.4, 0.5) is 0 Å². The van der Waals surface area contributed by atoms with Crippen LogP contribution in [0.15, 0.2) is 48.5 Å². The monoisotopic (exact) mass is 285 g/mol. The molecule has 0 aliphatic heterocycles. The lowest BCUT2D eigenvalue weighted by Crippen LogP contribution is -2.29. The smallest absolute Gasteiger partial charge is 0.138 e. The van der Waals surface area contributed by atoms with E-state index in [0.29, 0.717) is 0 Å². The molecule has 2 unspecified atom stereocenters. The van der Waals surface area contributed by atoms with Gasteiger partial charge >= 0.3 is 0 Å². The normalized spacial score (nSPS) is 13.5. The molecule has 0 saturated carbocycles. The number of methoxy groups -OCH3 is 1. The molecule has 0 spiro atoms. The van der Waals surface area contributed by atoms with Crippen LogP contribution in [0.5, 0.6) is 11.5 Å². The highest BCUT2D eigenvalue weighted by Crippen LogP contribution is 2.28. The molecule has 0 bridgehead atoms. The average Bonchev–Trinajstić information content (AvgIpc) is 2.53. The van der Waals surface area contributed by atoms with Crippen LogP contribution >= 0.6 is 0 Å². The van der Waals surface area contributed by atoms with E-state index < -0.39 is 0 Å². The molecule has 0 aliphatic carbocycles. The molecule has 21 heavy (non-hydrogen) atoms. The zero-order valence-corrected chi connectivity index (χ0v) is 12.9. The highest BCUT2D eigenvalue weighted by atomic mass is 16.5. The molecule has 0 radical (unpaired) electrons. The van der Waals surface area contributed by atoms with Gasteiger partial charge in [0.15, 0.2) is 0 Å². The maximum absolute atomic E-state index is 6.19. The Bertz CT molecular complexity index is 564. The average molecular weight is 285 g/mol. The van der Waals surface area contributed by atoms with Crippen molar-refractivity contribution >= 4 is 0 Å². The van der Waals surface area contributed by atoms with Crippen LogP contribution in [0.1, 0.15) is 31.1 Å². The number of hydrogen-bond acceptors (Lipinski definition) is 3. The predicted molar refractivity (Wildman–Crippen MR) is 85.8 cm³/mol. The van der Waals surface area contributed by atoms with Crippen LogP contribution < -0.4 is 15.2 Å². The van der Waals surface area contributed by atoms with Crippen LogP contribution in [0.25, 0.3) is 0 Å². The second-order valence-corrected chi connectivity index (χ2v) is 5.13. The molecule has 0 aliphatic rings. The summed E-state index contributed by atoms with van der Waals surface area (Å²) < 4.78 is 11.4. The molecular formula is C18H23NO2. The van der Waals surface area contributed by atoms with Crippen molar-refractivity contribution in [1.29, 1.82) is 0 Å². The van der Waals surface area contributed by atoms with Crippen molar-refractivity contribution < 1.29 is 9.47 Å². The van der Waals surface area contributed by atoms with Gasteiger partial charge in [-0.3, -0.25) is 0 Å². The van der Waals surface area contributed by atoms with Crippen LogP contribution in [0.2, 0.25) is 0 Å². The van der Waals surface area contributed by atoms with E-state index >= 15 is 0 Å². The summed E-state index contributed by atoms with van der Waals surface area (Å²) in [5.74, 6) is 1.73. The molecule has 2 aromatic rings. The molecule has 3 nitrogen and oxygen atoms in total. The van der Waals surface area contributed by atoms with Crippen molar-refractivity contribution in [3.8, 4) is 11.5 Å². The van der Waals surface area contributed by atoms with Gasteiger partial charge in [-0.15, -0.1) is 0 Å². The Morgan fingerprint density at radius 2 is 1.71 bits per heavy atom. The van der Waals surface area contributed by atoms with Crippen molar-refractivity contribution in [1.82, 2.24) is 0 Å². The third kappa shape index (κ3) is 3.76. The highest BCUT2D eigenvalue weighted by molar-refractivity contribution is 5.35. The van der Waals surface area contributed by atoms with E-state index in [-0.39, 0.29) is 12.1 Å². The van der Waals surface area contributed by atoms with E-state index in [1.807, 2.05) is 49.4 Å². The summed E-state index contributed by atoms with van der Waals surface area (Å²) in [5, 5.41) is 0. The summed E-state index contributed by atoms with van der Waals surface area (Å²) in [4.78, 5) is 0. The fourth-order valence-corrected chi connectivity index (χ4v) is 2.32.